The lowest BCUT2D eigenvalue weighted by Gasteiger charge is -2.05. The number of aromatic nitrogens is 2. The predicted molar refractivity (Wildman–Crippen MR) is 106 cm³/mol. The van der Waals surface area contributed by atoms with Crippen LogP contribution in [0.1, 0.15) is 24.0 Å². The summed E-state index contributed by atoms with van der Waals surface area (Å²) in [5.74, 6) is -1.56. The molecule has 0 aliphatic carbocycles. The van der Waals surface area contributed by atoms with E-state index in [-0.39, 0.29) is 0 Å². The number of imidazole rings is 1. The number of hydrogen-bond acceptors (Lipinski definition) is 1. The van der Waals surface area contributed by atoms with E-state index in [1.165, 1.54) is 17.2 Å². The second-order valence-electron chi connectivity index (χ2n) is 6.96. The Bertz CT molecular complexity index is 1190. The summed E-state index contributed by atoms with van der Waals surface area (Å²) in [6.07, 6.45) is 2.96. The van der Waals surface area contributed by atoms with Gasteiger partial charge in [0.15, 0.2) is 11.6 Å². The monoisotopic (exact) mass is 402 g/mol. The van der Waals surface area contributed by atoms with Crippen molar-refractivity contribution in [2.24, 2.45) is 0 Å². The zero-order valence-corrected chi connectivity index (χ0v) is 16.3. The normalized spacial score (nSPS) is 14.2. The third-order valence-corrected chi connectivity index (χ3v) is 6.80. The first kappa shape index (κ1) is 17.1. The van der Waals surface area contributed by atoms with Crippen molar-refractivity contribution in [3.63, 3.8) is 0 Å². The number of rotatable bonds is 2. The van der Waals surface area contributed by atoms with Crippen LogP contribution in [0.25, 0.3) is 16.7 Å². The maximum Gasteiger partial charge on any atom is 0.184 e. The van der Waals surface area contributed by atoms with Crippen LogP contribution in [0.3, 0.4) is 0 Å². The van der Waals surface area contributed by atoms with Crippen molar-refractivity contribution in [3.8, 4) is 0 Å². The van der Waals surface area contributed by atoms with Crippen LogP contribution < -0.4 is 0 Å². The van der Waals surface area contributed by atoms with Crippen LogP contribution in [-0.4, -0.2) is 8.97 Å². The number of nitrogens with zero attached hydrogens (tertiary/aromatic N) is 2. The summed E-state index contributed by atoms with van der Waals surface area (Å²) in [7, 11) is 0. The van der Waals surface area contributed by atoms with Crippen LogP contribution in [0.2, 0.25) is 5.02 Å². The van der Waals surface area contributed by atoms with E-state index in [9.17, 15) is 8.78 Å². The van der Waals surface area contributed by atoms with Crippen molar-refractivity contribution >= 4 is 40.0 Å². The molecule has 0 atom stereocenters. The van der Waals surface area contributed by atoms with Crippen LogP contribution in [-0.2, 0) is 13.0 Å². The van der Waals surface area contributed by atoms with Crippen LogP contribution in [0.4, 0.5) is 8.78 Å². The average Bonchev–Trinajstić information content (AvgIpc) is 2.99. The number of benzene rings is 2. The Balaban J connectivity index is 1.85. The minimum absolute atomic E-state index is 0.367. The lowest BCUT2D eigenvalue weighted by Crippen LogP contribution is -1.99. The van der Waals surface area contributed by atoms with Gasteiger partial charge >= 0.3 is 0 Å². The molecule has 138 valence electrons. The van der Waals surface area contributed by atoms with E-state index in [0.717, 1.165) is 40.3 Å². The second kappa shape index (κ2) is 6.28. The fraction of sp³-hybridized carbons (Fsp3) is 0.238. The van der Waals surface area contributed by atoms with Crippen molar-refractivity contribution in [3.05, 3.63) is 64.2 Å². The van der Waals surface area contributed by atoms with Crippen LogP contribution in [0.15, 0.2) is 46.3 Å². The lowest BCUT2D eigenvalue weighted by atomic mass is 10.1. The topological polar surface area (TPSA) is 9.34 Å². The molecule has 27 heavy (non-hydrogen) atoms. The van der Waals surface area contributed by atoms with Gasteiger partial charge in [0.2, 0.25) is 0 Å². The molecule has 2 aromatic heterocycles. The Morgan fingerprint density at radius 3 is 2.59 bits per heavy atom. The van der Waals surface area contributed by atoms with Gasteiger partial charge in [0.25, 0.3) is 0 Å². The highest BCUT2D eigenvalue weighted by Crippen LogP contribution is 2.41. The molecule has 6 heteroatoms. The molecule has 0 unspecified atom stereocenters. The summed E-state index contributed by atoms with van der Waals surface area (Å²) >= 11 is 7.65. The van der Waals surface area contributed by atoms with Crippen LogP contribution >= 0.6 is 23.4 Å². The molecule has 5 rings (SSSR count). The first-order chi connectivity index (χ1) is 13.1. The Kier molecular flexibility index (Phi) is 3.99. The molecule has 0 bridgehead atoms. The van der Waals surface area contributed by atoms with E-state index in [4.69, 9.17) is 11.6 Å². The zero-order valence-electron chi connectivity index (χ0n) is 14.7. The van der Waals surface area contributed by atoms with Gasteiger partial charge in [-0.2, -0.15) is 0 Å². The Hall–Kier alpha value is -1.98. The van der Waals surface area contributed by atoms with Gasteiger partial charge < -0.3 is 4.57 Å². The summed E-state index contributed by atoms with van der Waals surface area (Å²) in [5, 5.41) is 1.75. The van der Waals surface area contributed by atoms with Crippen molar-refractivity contribution in [2.75, 3.05) is 0 Å². The summed E-state index contributed by atoms with van der Waals surface area (Å²) < 4.78 is 32.8. The van der Waals surface area contributed by atoms with Crippen molar-refractivity contribution in [1.29, 1.82) is 0 Å². The van der Waals surface area contributed by atoms with Gasteiger partial charge in [-0.15, -0.1) is 0 Å². The molecule has 0 saturated heterocycles. The summed E-state index contributed by atoms with van der Waals surface area (Å²) in [5.41, 5.74) is 4.54. The van der Waals surface area contributed by atoms with E-state index in [1.54, 1.807) is 17.8 Å². The molecule has 1 aliphatic heterocycles. The number of aryl methyl sites for hydroxylation is 2. The molecule has 3 heterocycles. The third-order valence-electron chi connectivity index (χ3n) is 5.36. The molecule has 4 aromatic rings. The second-order valence-corrected chi connectivity index (χ2v) is 8.46. The van der Waals surface area contributed by atoms with Gasteiger partial charge in [0.1, 0.15) is 11.2 Å². The zero-order chi connectivity index (χ0) is 18.7. The standard InChI is InChI=1S/C21H17ClF2N2S/c1-12-15-4-2-3-11-25-19-17(10-9-16(23)18(19)24)26(20(15)25)21(12)27-14-7-5-13(22)6-8-14/h5-10H,2-4,11H2,1H3. The quantitative estimate of drug-likeness (QED) is 0.366. The molecule has 0 spiro atoms. The van der Waals surface area contributed by atoms with E-state index < -0.39 is 11.6 Å². The Labute approximate surface area is 164 Å². The lowest BCUT2D eigenvalue weighted by molar-refractivity contribution is 0.510. The highest BCUT2D eigenvalue weighted by Gasteiger charge is 2.26. The van der Waals surface area contributed by atoms with E-state index in [1.807, 2.05) is 28.8 Å². The van der Waals surface area contributed by atoms with E-state index in [0.29, 0.717) is 17.1 Å². The number of halogens is 3. The highest BCUT2D eigenvalue weighted by atomic mass is 35.5. The highest BCUT2D eigenvalue weighted by molar-refractivity contribution is 7.99. The molecular formula is C21H17ClF2N2S. The first-order valence-electron chi connectivity index (χ1n) is 9.00. The summed E-state index contributed by atoms with van der Waals surface area (Å²) in [4.78, 5) is 1.06. The predicted octanol–water partition coefficient (Wildman–Crippen LogP) is 6.62. The molecule has 0 radical (unpaired) electrons. The molecule has 1 aliphatic rings. The van der Waals surface area contributed by atoms with Gasteiger partial charge in [-0.05, 0) is 73.7 Å². The third kappa shape index (κ3) is 2.52. The molecule has 2 nitrogen and oxygen atoms in total. The minimum Gasteiger partial charge on any atom is -0.323 e. The molecule has 0 saturated carbocycles. The SMILES string of the molecule is Cc1c2c3n(c4c(F)c(F)ccc4n3c1Sc1ccc(Cl)cc1)CCCC2. The Morgan fingerprint density at radius 1 is 1.04 bits per heavy atom. The van der Waals surface area contributed by atoms with Crippen molar-refractivity contribution in [1.82, 2.24) is 8.97 Å². The average molecular weight is 403 g/mol. The maximum atomic E-state index is 14.7. The van der Waals surface area contributed by atoms with Gasteiger partial charge in [-0.3, -0.25) is 4.40 Å². The number of fused-ring (bicyclic) bond motifs is 3. The summed E-state index contributed by atoms with van der Waals surface area (Å²) in [6.45, 7) is 2.83. The smallest absolute Gasteiger partial charge is 0.184 e. The van der Waals surface area contributed by atoms with Crippen LogP contribution in [0, 0.1) is 18.6 Å². The summed E-state index contributed by atoms with van der Waals surface area (Å²) in [6, 6.07) is 10.6. The van der Waals surface area contributed by atoms with E-state index in [2.05, 4.69) is 11.3 Å². The Morgan fingerprint density at radius 2 is 1.81 bits per heavy atom. The van der Waals surface area contributed by atoms with Gasteiger partial charge in [-0.25, -0.2) is 8.78 Å². The van der Waals surface area contributed by atoms with Gasteiger partial charge in [0.05, 0.1) is 10.5 Å². The van der Waals surface area contributed by atoms with Crippen molar-refractivity contribution in [2.45, 2.75) is 42.7 Å². The van der Waals surface area contributed by atoms with Crippen molar-refractivity contribution < 1.29 is 8.78 Å². The van der Waals surface area contributed by atoms with E-state index >= 15 is 0 Å². The molecule has 0 N–H and O–H groups in total. The van der Waals surface area contributed by atoms with Gasteiger partial charge in [-0.1, -0.05) is 23.4 Å². The molecular weight excluding hydrogens is 386 g/mol. The minimum atomic E-state index is -0.797. The number of hydrogen-bond donors (Lipinski definition) is 0. The maximum absolute atomic E-state index is 14.7. The fourth-order valence-corrected chi connectivity index (χ4v) is 5.27. The fourth-order valence-electron chi connectivity index (χ4n) is 4.10. The molecule has 2 aromatic carbocycles. The van der Waals surface area contributed by atoms with Crippen LogP contribution in [0.5, 0.6) is 0 Å². The molecule has 0 amide bonds. The van der Waals surface area contributed by atoms with Gasteiger partial charge in [0, 0.05) is 16.5 Å². The first-order valence-corrected chi connectivity index (χ1v) is 10.2. The largest absolute Gasteiger partial charge is 0.323 e. The molecule has 0 fully saturated rings.